The van der Waals surface area contributed by atoms with Gasteiger partial charge in [0.25, 0.3) is 0 Å². The van der Waals surface area contributed by atoms with Crippen molar-refractivity contribution in [3.05, 3.63) is 10.1 Å². The molecule has 0 amide bonds. The van der Waals surface area contributed by atoms with Crippen molar-refractivity contribution in [1.82, 2.24) is 0 Å². The average Bonchev–Trinajstić information content (AvgIpc) is 1.67. The molecule has 4 nitrogen and oxygen atoms in total. The maximum atomic E-state index is 9.76. The molecule has 5 heteroatoms. The number of halogens is 1. The molecule has 0 saturated carbocycles. The van der Waals surface area contributed by atoms with Crippen LogP contribution in [-0.4, -0.2) is 14.7 Å². The number of nitro groups is 1. The molecule has 0 bridgehead atoms. The van der Waals surface area contributed by atoms with Crippen LogP contribution in [0, 0.1) is 10.1 Å². The summed E-state index contributed by atoms with van der Waals surface area (Å²) in [6.07, 6.45) is 0.0556. The summed E-state index contributed by atoms with van der Waals surface area (Å²) in [5, 5.41) is 18.4. The molecule has 0 fully saturated rings. The normalized spacial score (nSPS) is 17.4. The van der Waals surface area contributed by atoms with E-state index in [1.54, 1.807) is 0 Å². The van der Waals surface area contributed by atoms with Crippen LogP contribution < -0.4 is 0 Å². The maximum Gasteiger partial charge on any atom is 0.377 e. The Morgan fingerprint density at radius 3 is 2.38 bits per heavy atom. The molecule has 1 atom stereocenters. The second-order valence-electron chi connectivity index (χ2n) is 1.33. The molecule has 0 aromatic rings. The summed E-state index contributed by atoms with van der Waals surface area (Å²) < 4.78 is -1.92. The Labute approximate surface area is 54.8 Å². The number of hydrogen-bond donors (Lipinski definition) is 1. The van der Waals surface area contributed by atoms with Gasteiger partial charge in [-0.15, -0.1) is 0 Å². The lowest BCUT2D eigenvalue weighted by Crippen LogP contribution is -2.29. The van der Waals surface area contributed by atoms with Gasteiger partial charge in [0.05, 0.1) is 11.3 Å². The quantitative estimate of drug-likeness (QED) is 0.226. The minimum absolute atomic E-state index is 0.0556. The first-order valence-corrected chi connectivity index (χ1v) is 2.86. The van der Waals surface area contributed by atoms with Crippen molar-refractivity contribution < 1.29 is 10.0 Å². The molecule has 0 rings (SSSR count). The summed E-state index contributed by atoms with van der Waals surface area (Å²) in [6, 6.07) is 0. The SMILES string of the molecule is CCC(O)(Br)[N+](=O)[O-]. The lowest BCUT2D eigenvalue weighted by Gasteiger charge is -2.06. The van der Waals surface area contributed by atoms with E-state index < -0.39 is 9.56 Å². The van der Waals surface area contributed by atoms with Crippen LogP contribution in [0.5, 0.6) is 0 Å². The molecule has 1 N–H and O–H groups in total. The average molecular weight is 184 g/mol. The zero-order valence-electron chi connectivity index (χ0n) is 4.30. The first-order chi connectivity index (χ1) is 3.50. The minimum Gasteiger partial charge on any atom is -0.322 e. The van der Waals surface area contributed by atoms with E-state index in [0.717, 1.165) is 0 Å². The van der Waals surface area contributed by atoms with Gasteiger partial charge in [0.2, 0.25) is 0 Å². The molecular weight excluding hydrogens is 178 g/mol. The van der Waals surface area contributed by atoms with Gasteiger partial charge in [0.15, 0.2) is 0 Å². The molecule has 0 aromatic heterocycles. The molecule has 0 aromatic carbocycles. The van der Waals surface area contributed by atoms with E-state index in [0.29, 0.717) is 0 Å². The van der Waals surface area contributed by atoms with Crippen molar-refractivity contribution in [1.29, 1.82) is 0 Å². The predicted molar refractivity (Wildman–Crippen MR) is 31.2 cm³/mol. The fraction of sp³-hybridized carbons (Fsp3) is 1.00. The second kappa shape index (κ2) is 2.41. The van der Waals surface area contributed by atoms with Crippen molar-refractivity contribution >= 4 is 15.9 Å². The van der Waals surface area contributed by atoms with Gasteiger partial charge in [-0.3, -0.25) is 10.1 Å². The Morgan fingerprint density at radius 1 is 2.00 bits per heavy atom. The first kappa shape index (κ1) is 7.84. The number of nitrogens with zero attached hydrogens (tertiary/aromatic N) is 1. The van der Waals surface area contributed by atoms with Crippen LogP contribution in [0.25, 0.3) is 0 Å². The first-order valence-electron chi connectivity index (χ1n) is 2.06. The van der Waals surface area contributed by atoms with Crippen molar-refractivity contribution in [3.63, 3.8) is 0 Å². The zero-order chi connectivity index (χ0) is 6.78. The molecule has 48 valence electrons. The van der Waals surface area contributed by atoms with Crippen LogP contribution in [0.15, 0.2) is 0 Å². The van der Waals surface area contributed by atoms with Gasteiger partial charge in [-0.2, -0.15) is 0 Å². The van der Waals surface area contributed by atoms with Gasteiger partial charge in [-0.1, -0.05) is 6.92 Å². The van der Waals surface area contributed by atoms with Gasteiger partial charge in [0.1, 0.15) is 0 Å². The Hall–Kier alpha value is -0.160. The highest BCUT2D eigenvalue weighted by molar-refractivity contribution is 9.09. The van der Waals surface area contributed by atoms with Gasteiger partial charge in [-0.25, -0.2) is 0 Å². The summed E-state index contributed by atoms with van der Waals surface area (Å²) in [4.78, 5) is 8.98. The summed E-state index contributed by atoms with van der Waals surface area (Å²) >= 11 is 2.50. The van der Waals surface area contributed by atoms with E-state index in [-0.39, 0.29) is 6.42 Å². The smallest absolute Gasteiger partial charge is 0.322 e. The Kier molecular flexibility index (Phi) is 2.36. The molecule has 1 unspecified atom stereocenters. The molecule has 0 aliphatic rings. The fourth-order valence-corrected chi connectivity index (χ4v) is 0.129. The fourth-order valence-electron chi connectivity index (χ4n) is 0.129. The highest BCUT2D eigenvalue weighted by atomic mass is 79.9. The van der Waals surface area contributed by atoms with E-state index in [9.17, 15) is 10.1 Å². The van der Waals surface area contributed by atoms with Crippen molar-refractivity contribution in [2.75, 3.05) is 0 Å². The largest absolute Gasteiger partial charge is 0.377 e. The van der Waals surface area contributed by atoms with E-state index in [1.807, 2.05) is 0 Å². The Bertz CT molecular complexity index is 103. The van der Waals surface area contributed by atoms with E-state index in [4.69, 9.17) is 5.11 Å². The van der Waals surface area contributed by atoms with Crippen molar-refractivity contribution in [3.8, 4) is 0 Å². The van der Waals surface area contributed by atoms with E-state index >= 15 is 0 Å². The third kappa shape index (κ3) is 1.75. The van der Waals surface area contributed by atoms with E-state index in [2.05, 4.69) is 15.9 Å². The van der Waals surface area contributed by atoms with Crippen LogP contribution >= 0.6 is 15.9 Å². The summed E-state index contributed by atoms with van der Waals surface area (Å²) in [5.41, 5.74) is 0. The van der Waals surface area contributed by atoms with Gasteiger partial charge in [0, 0.05) is 15.9 Å². The van der Waals surface area contributed by atoms with Gasteiger partial charge >= 0.3 is 4.63 Å². The molecule has 0 aliphatic carbocycles. The van der Waals surface area contributed by atoms with Crippen LogP contribution in [0.2, 0.25) is 0 Å². The summed E-state index contributed by atoms with van der Waals surface area (Å²) in [6.45, 7) is 1.51. The van der Waals surface area contributed by atoms with Crippen LogP contribution in [-0.2, 0) is 0 Å². The zero-order valence-corrected chi connectivity index (χ0v) is 5.88. The highest BCUT2D eigenvalue weighted by Gasteiger charge is 2.33. The summed E-state index contributed by atoms with van der Waals surface area (Å²) in [5.74, 6) is 0. The van der Waals surface area contributed by atoms with Crippen LogP contribution in [0.3, 0.4) is 0 Å². The van der Waals surface area contributed by atoms with Crippen LogP contribution in [0.4, 0.5) is 0 Å². The Balaban J connectivity index is 3.91. The van der Waals surface area contributed by atoms with Crippen LogP contribution in [0.1, 0.15) is 13.3 Å². The summed E-state index contributed by atoms with van der Waals surface area (Å²) in [7, 11) is 0. The molecule has 0 saturated heterocycles. The molecule has 0 radical (unpaired) electrons. The van der Waals surface area contributed by atoms with Crippen molar-refractivity contribution in [2.24, 2.45) is 0 Å². The topological polar surface area (TPSA) is 63.4 Å². The van der Waals surface area contributed by atoms with Gasteiger partial charge < -0.3 is 5.11 Å². The molecule has 0 aliphatic heterocycles. The molecule has 8 heavy (non-hydrogen) atoms. The van der Waals surface area contributed by atoms with E-state index in [1.165, 1.54) is 6.92 Å². The molecular formula is C3H6BrNO3. The Morgan fingerprint density at radius 2 is 2.38 bits per heavy atom. The lowest BCUT2D eigenvalue weighted by molar-refractivity contribution is -0.585. The second-order valence-corrected chi connectivity index (χ2v) is 2.60. The standard InChI is InChI=1S/C3H6BrNO3/c1-2-3(4,6)5(7)8/h6H,2H2,1H3. The number of alkyl halides is 1. The minimum atomic E-state index is -1.92. The molecule has 0 spiro atoms. The highest BCUT2D eigenvalue weighted by Crippen LogP contribution is 2.17. The predicted octanol–water partition coefficient (Wildman–Crippen LogP) is 0.714. The maximum absolute atomic E-state index is 9.76. The third-order valence-electron chi connectivity index (χ3n) is 0.730. The molecule has 0 heterocycles. The van der Waals surface area contributed by atoms with Crippen molar-refractivity contribution in [2.45, 2.75) is 18.0 Å². The monoisotopic (exact) mass is 183 g/mol. The number of hydrogen-bond acceptors (Lipinski definition) is 3. The third-order valence-corrected chi connectivity index (χ3v) is 1.58. The number of aliphatic hydroxyl groups is 1. The lowest BCUT2D eigenvalue weighted by atomic mass is 10.4. The van der Waals surface area contributed by atoms with Gasteiger partial charge in [-0.05, 0) is 0 Å². The number of rotatable bonds is 2.